The molecule has 1 aromatic rings. The Morgan fingerprint density at radius 1 is 1.45 bits per heavy atom. The average molecular weight is 344 g/mol. The number of carboxylic acid groups (broad SMARTS) is 1. The third kappa shape index (κ3) is 2.62. The van der Waals surface area contributed by atoms with Gasteiger partial charge in [-0.3, -0.25) is 4.79 Å². The van der Waals surface area contributed by atoms with Crippen molar-refractivity contribution < 1.29 is 19.4 Å². The molecule has 20 heavy (non-hydrogen) atoms. The fraction of sp³-hybridized carbons (Fsp3) is 0.500. The summed E-state index contributed by atoms with van der Waals surface area (Å²) in [4.78, 5) is 11.4. The van der Waals surface area contributed by atoms with Gasteiger partial charge in [-0.05, 0) is 39.0 Å². The molecule has 0 bridgehead atoms. The van der Waals surface area contributed by atoms with Crippen LogP contribution in [0.15, 0.2) is 10.5 Å². The lowest BCUT2D eigenvalue weighted by Crippen LogP contribution is -2.24. The molecule has 0 saturated carbocycles. The second-order valence-electron chi connectivity index (χ2n) is 5.00. The maximum absolute atomic E-state index is 11.4. The van der Waals surface area contributed by atoms with Crippen LogP contribution in [-0.4, -0.2) is 30.8 Å². The van der Waals surface area contributed by atoms with Crippen molar-refractivity contribution in [2.24, 2.45) is 5.73 Å². The summed E-state index contributed by atoms with van der Waals surface area (Å²) in [6, 6.07) is 1.75. The summed E-state index contributed by atoms with van der Waals surface area (Å²) in [6.07, 6.45) is 0. The van der Waals surface area contributed by atoms with Gasteiger partial charge in [0.05, 0.1) is 10.4 Å². The normalized spacial score (nSPS) is 15.2. The van der Waals surface area contributed by atoms with Gasteiger partial charge in [0.25, 0.3) is 0 Å². The first-order valence-electron chi connectivity index (χ1n) is 6.52. The van der Waals surface area contributed by atoms with Gasteiger partial charge in [-0.25, -0.2) is 0 Å². The molecule has 1 aliphatic heterocycles. The van der Waals surface area contributed by atoms with E-state index in [1.165, 1.54) is 0 Å². The van der Waals surface area contributed by atoms with Gasteiger partial charge in [-0.1, -0.05) is 13.8 Å². The number of ether oxygens (including phenoxy) is 2. The maximum atomic E-state index is 11.4. The smallest absolute Gasteiger partial charge is 0.312 e. The van der Waals surface area contributed by atoms with Crippen LogP contribution in [0, 0.1) is 0 Å². The van der Waals surface area contributed by atoms with Crippen LogP contribution in [0.3, 0.4) is 0 Å². The molecule has 1 aliphatic rings. The van der Waals surface area contributed by atoms with E-state index in [0.717, 1.165) is 10.0 Å². The highest BCUT2D eigenvalue weighted by Crippen LogP contribution is 2.45. The van der Waals surface area contributed by atoms with E-state index in [9.17, 15) is 9.90 Å². The molecule has 1 unspecified atom stereocenters. The highest BCUT2D eigenvalue weighted by molar-refractivity contribution is 9.10. The molecule has 3 N–H and O–H groups in total. The zero-order valence-electron chi connectivity index (χ0n) is 11.5. The number of halogens is 1. The lowest BCUT2D eigenvalue weighted by atomic mass is 9.88. The Kier molecular flexibility index (Phi) is 4.55. The number of nitrogens with two attached hydrogens (primary N) is 1. The van der Waals surface area contributed by atoms with E-state index in [2.05, 4.69) is 15.9 Å². The Labute approximate surface area is 126 Å². The molecule has 0 spiro atoms. The maximum Gasteiger partial charge on any atom is 0.312 e. The Morgan fingerprint density at radius 3 is 2.65 bits per heavy atom. The topological polar surface area (TPSA) is 81.8 Å². The second kappa shape index (κ2) is 6.01. The van der Waals surface area contributed by atoms with Gasteiger partial charge in [0, 0.05) is 6.54 Å². The number of carbonyl (C=O) groups is 1. The van der Waals surface area contributed by atoms with Crippen molar-refractivity contribution in [3.8, 4) is 11.5 Å². The molecule has 1 atom stereocenters. The first-order chi connectivity index (χ1) is 9.47. The van der Waals surface area contributed by atoms with Gasteiger partial charge >= 0.3 is 5.97 Å². The third-order valence-corrected chi connectivity index (χ3v) is 4.12. The predicted molar refractivity (Wildman–Crippen MR) is 78.7 cm³/mol. The Balaban J connectivity index is 2.65. The van der Waals surface area contributed by atoms with Crippen molar-refractivity contribution in [1.29, 1.82) is 0 Å². The van der Waals surface area contributed by atoms with Gasteiger partial charge in [0.1, 0.15) is 13.2 Å². The molecule has 0 radical (unpaired) electrons. The van der Waals surface area contributed by atoms with Gasteiger partial charge in [-0.2, -0.15) is 0 Å². The highest BCUT2D eigenvalue weighted by atomic mass is 79.9. The van der Waals surface area contributed by atoms with E-state index >= 15 is 0 Å². The Hall–Kier alpha value is -1.27. The third-order valence-electron chi connectivity index (χ3n) is 3.33. The first-order valence-corrected chi connectivity index (χ1v) is 7.31. The second-order valence-corrected chi connectivity index (χ2v) is 5.79. The molecule has 2 rings (SSSR count). The zero-order valence-corrected chi connectivity index (χ0v) is 13.1. The molecular formula is C14H18BrNO4. The molecule has 0 saturated heterocycles. The van der Waals surface area contributed by atoms with Crippen molar-refractivity contribution in [2.45, 2.75) is 25.7 Å². The molecule has 0 fully saturated rings. The molecule has 6 heteroatoms. The SMILES string of the molecule is CC(C)c1c(C(CN)C(=O)O)cc2c(c1Br)OCCO2. The number of carboxylic acids is 1. The quantitative estimate of drug-likeness (QED) is 0.877. The van der Waals surface area contributed by atoms with Crippen LogP contribution < -0.4 is 15.2 Å². The van der Waals surface area contributed by atoms with Crippen LogP contribution in [0.1, 0.15) is 36.8 Å². The van der Waals surface area contributed by atoms with E-state index in [0.29, 0.717) is 30.3 Å². The standard InChI is InChI=1S/C14H18BrNO4/c1-7(2)11-8(9(6-16)14(17)18)5-10-13(12(11)15)20-4-3-19-10/h5,7,9H,3-4,6,16H2,1-2H3,(H,17,18). The Bertz CT molecular complexity index is 530. The summed E-state index contributed by atoms with van der Waals surface area (Å²) in [6.45, 7) is 5.01. The minimum Gasteiger partial charge on any atom is -0.486 e. The summed E-state index contributed by atoms with van der Waals surface area (Å²) in [5, 5.41) is 9.36. The minimum atomic E-state index is -0.932. The minimum absolute atomic E-state index is 0.0428. The molecule has 1 heterocycles. The molecule has 0 aliphatic carbocycles. The van der Waals surface area contributed by atoms with Gasteiger partial charge in [-0.15, -0.1) is 0 Å². The van der Waals surface area contributed by atoms with Crippen molar-refractivity contribution in [3.05, 3.63) is 21.7 Å². The van der Waals surface area contributed by atoms with Gasteiger partial charge < -0.3 is 20.3 Å². The lowest BCUT2D eigenvalue weighted by Gasteiger charge is -2.26. The van der Waals surface area contributed by atoms with E-state index in [4.69, 9.17) is 15.2 Å². The van der Waals surface area contributed by atoms with Crippen LogP contribution in [0.25, 0.3) is 0 Å². The van der Waals surface area contributed by atoms with Crippen molar-refractivity contribution in [2.75, 3.05) is 19.8 Å². The van der Waals surface area contributed by atoms with Crippen LogP contribution in [-0.2, 0) is 4.79 Å². The lowest BCUT2D eigenvalue weighted by molar-refractivity contribution is -0.138. The Morgan fingerprint density at radius 2 is 2.10 bits per heavy atom. The van der Waals surface area contributed by atoms with E-state index in [1.807, 2.05) is 13.8 Å². The van der Waals surface area contributed by atoms with Crippen LogP contribution in [0.5, 0.6) is 11.5 Å². The number of benzene rings is 1. The van der Waals surface area contributed by atoms with Gasteiger partial charge in [0.15, 0.2) is 11.5 Å². The summed E-state index contributed by atoms with van der Waals surface area (Å²) in [5.41, 5.74) is 7.23. The van der Waals surface area contributed by atoms with E-state index < -0.39 is 11.9 Å². The van der Waals surface area contributed by atoms with Crippen LogP contribution >= 0.6 is 15.9 Å². The molecule has 0 aromatic heterocycles. The largest absolute Gasteiger partial charge is 0.486 e. The summed E-state index contributed by atoms with van der Waals surface area (Å²) < 4.78 is 12.0. The number of hydrogen-bond acceptors (Lipinski definition) is 4. The number of aliphatic carboxylic acids is 1. The highest BCUT2D eigenvalue weighted by Gasteiger charge is 2.29. The van der Waals surface area contributed by atoms with E-state index in [1.54, 1.807) is 6.07 Å². The number of rotatable bonds is 4. The average Bonchev–Trinajstić information content (AvgIpc) is 2.38. The van der Waals surface area contributed by atoms with E-state index in [-0.39, 0.29) is 12.5 Å². The molecule has 0 amide bonds. The summed E-state index contributed by atoms with van der Waals surface area (Å²) in [5.74, 6) is -0.326. The fourth-order valence-corrected chi connectivity index (χ4v) is 3.41. The van der Waals surface area contributed by atoms with Crippen molar-refractivity contribution in [1.82, 2.24) is 0 Å². The molecule has 5 nitrogen and oxygen atoms in total. The monoisotopic (exact) mass is 343 g/mol. The predicted octanol–water partition coefficient (Wildman–Crippen LogP) is 2.47. The number of hydrogen-bond donors (Lipinski definition) is 2. The molecular weight excluding hydrogens is 326 g/mol. The van der Waals surface area contributed by atoms with Crippen LogP contribution in [0.2, 0.25) is 0 Å². The van der Waals surface area contributed by atoms with Crippen molar-refractivity contribution in [3.63, 3.8) is 0 Å². The zero-order chi connectivity index (χ0) is 14.9. The fourth-order valence-electron chi connectivity index (χ4n) is 2.41. The van der Waals surface area contributed by atoms with Gasteiger partial charge in [0.2, 0.25) is 0 Å². The summed E-state index contributed by atoms with van der Waals surface area (Å²) >= 11 is 3.53. The molecule has 1 aromatic carbocycles. The number of fused-ring (bicyclic) bond motifs is 1. The molecule has 110 valence electrons. The van der Waals surface area contributed by atoms with Crippen molar-refractivity contribution >= 4 is 21.9 Å². The first kappa shape index (κ1) is 15.1. The van der Waals surface area contributed by atoms with Crippen LogP contribution in [0.4, 0.5) is 0 Å². The summed E-state index contributed by atoms with van der Waals surface area (Å²) in [7, 11) is 0.